The average molecular weight is 601 g/mol. The lowest BCUT2D eigenvalue weighted by Crippen LogP contribution is -2.67. The Kier molecular flexibility index (Phi) is 6.80. The first-order valence-corrected chi connectivity index (χ1v) is 15.4. The first-order chi connectivity index (χ1) is 19.5. The van der Waals surface area contributed by atoms with Gasteiger partial charge in [-0.1, -0.05) is 11.6 Å². The van der Waals surface area contributed by atoms with E-state index < -0.39 is 48.8 Å². The molecule has 214 valence electrons. The number of nitrogens with zero attached hydrogens (tertiary/aromatic N) is 1. The van der Waals surface area contributed by atoms with Gasteiger partial charge in [0.25, 0.3) is 5.91 Å². The molecule has 41 heavy (non-hydrogen) atoms. The molecule has 0 radical (unpaired) electrons. The molecule has 1 saturated carbocycles. The van der Waals surface area contributed by atoms with Crippen LogP contribution in [0, 0.1) is 17.6 Å². The molecule has 0 aromatic heterocycles. The lowest BCUT2D eigenvalue weighted by atomic mass is 9.68. The van der Waals surface area contributed by atoms with Crippen LogP contribution in [0.3, 0.4) is 0 Å². The third kappa shape index (κ3) is 4.22. The number of hydrogen-bond acceptors (Lipinski definition) is 5. The summed E-state index contributed by atoms with van der Waals surface area (Å²) in [4.78, 5) is 27.1. The topological polar surface area (TPSA) is 92.3 Å². The van der Waals surface area contributed by atoms with Gasteiger partial charge in [-0.3, -0.25) is 4.79 Å². The SMILES string of the molecule is CC(=O)[N+]1(S(=O)(=O)c2ccc(F)cc2)c2ccc(C(=O)Nc3cc(Cl)ccc3F)cc2C2(CCNCC2)C1C1CC1. The number of anilines is 1. The first-order valence-electron chi connectivity index (χ1n) is 13.6. The van der Waals surface area contributed by atoms with E-state index in [2.05, 4.69) is 10.6 Å². The molecule has 0 bridgehead atoms. The van der Waals surface area contributed by atoms with Gasteiger partial charge in [-0.2, -0.15) is 8.42 Å². The summed E-state index contributed by atoms with van der Waals surface area (Å²) >= 11 is 6.00. The van der Waals surface area contributed by atoms with Gasteiger partial charge in [0.2, 0.25) is 0 Å². The van der Waals surface area contributed by atoms with Crippen LogP contribution in [0.15, 0.2) is 65.6 Å². The van der Waals surface area contributed by atoms with Crippen LogP contribution < -0.4 is 14.5 Å². The van der Waals surface area contributed by atoms with E-state index in [1.54, 1.807) is 12.1 Å². The second-order valence-electron chi connectivity index (χ2n) is 11.1. The standard InChI is InChI=1S/C30H28ClF2N3O4S/c1-18(37)36(41(39,40)23-8-6-22(32)7-9-23)27-11-4-20(29(38)35-26-17-21(31)5-10-25(26)33)16-24(27)30(12-14-34-15-13-30)28(36)19-2-3-19/h4-11,16-17,19,28,34H,2-3,12-15H2,1H3/p+1. The number of carbonyl (C=O) groups is 2. The smallest absolute Gasteiger partial charge is 0.319 e. The van der Waals surface area contributed by atoms with E-state index in [0.717, 1.165) is 31.0 Å². The largest absolute Gasteiger partial charge is 0.339 e. The average Bonchev–Trinajstić information content (AvgIpc) is 3.75. The van der Waals surface area contributed by atoms with Crippen LogP contribution in [0.1, 0.15) is 48.5 Å². The summed E-state index contributed by atoms with van der Waals surface area (Å²) in [6.07, 6.45) is 2.70. The van der Waals surface area contributed by atoms with Crippen molar-refractivity contribution in [1.29, 1.82) is 0 Å². The Morgan fingerprint density at radius 2 is 1.68 bits per heavy atom. The number of hydrogen-bond donors (Lipinski definition) is 2. The van der Waals surface area contributed by atoms with Crippen molar-refractivity contribution in [1.82, 2.24) is 9.21 Å². The quantitative estimate of drug-likeness (QED) is 0.376. The zero-order valence-electron chi connectivity index (χ0n) is 22.3. The summed E-state index contributed by atoms with van der Waals surface area (Å²) in [6.45, 7) is 2.52. The highest BCUT2D eigenvalue weighted by atomic mass is 35.5. The summed E-state index contributed by atoms with van der Waals surface area (Å²) in [5, 5.41) is 6.17. The minimum Gasteiger partial charge on any atom is -0.319 e. The van der Waals surface area contributed by atoms with Crippen molar-refractivity contribution in [2.24, 2.45) is 5.92 Å². The Hall–Kier alpha value is -3.18. The molecule has 6 rings (SSSR count). The van der Waals surface area contributed by atoms with Crippen molar-refractivity contribution >= 4 is 44.8 Å². The molecule has 2 N–H and O–H groups in total. The second-order valence-corrected chi connectivity index (χ2v) is 13.5. The molecule has 2 amide bonds. The van der Waals surface area contributed by atoms with Crippen LogP contribution in [0.4, 0.5) is 20.2 Å². The highest BCUT2D eigenvalue weighted by molar-refractivity contribution is 7.91. The maximum absolute atomic E-state index is 14.6. The molecule has 1 aliphatic carbocycles. The van der Waals surface area contributed by atoms with Crippen molar-refractivity contribution in [3.8, 4) is 0 Å². The van der Waals surface area contributed by atoms with Crippen molar-refractivity contribution in [2.75, 3.05) is 18.4 Å². The van der Waals surface area contributed by atoms with Gasteiger partial charge in [0.05, 0.1) is 18.0 Å². The van der Waals surface area contributed by atoms with Crippen molar-refractivity contribution in [2.45, 2.75) is 49.0 Å². The number of benzene rings is 3. The van der Waals surface area contributed by atoms with Gasteiger partial charge in [0.15, 0.2) is 5.69 Å². The molecule has 2 unspecified atom stereocenters. The number of carbonyl (C=O) groups excluding carboxylic acids is 2. The van der Waals surface area contributed by atoms with Gasteiger partial charge in [-0.15, -0.1) is 3.89 Å². The molecular formula is C30H29ClF2N3O4S+. The number of sulfonamides is 1. The second kappa shape index (κ2) is 9.97. The van der Waals surface area contributed by atoms with Gasteiger partial charge in [-0.25, -0.2) is 13.6 Å². The molecule has 11 heteroatoms. The molecule has 3 aromatic carbocycles. The number of piperidine rings is 1. The number of rotatable bonds is 5. The van der Waals surface area contributed by atoms with Gasteiger partial charge in [0, 0.05) is 28.1 Å². The molecule has 1 spiro atoms. The van der Waals surface area contributed by atoms with Crippen molar-refractivity contribution in [3.05, 3.63) is 88.4 Å². The van der Waals surface area contributed by atoms with Gasteiger partial charge >= 0.3 is 15.9 Å². The highest BCUT2D eigenvalue weighted by Crippen LogP contribution is 2.62. The Bertz CT molecular complexity index is 1670. The van der Waals surface area contributed by atoms with E-state index in [9.17, 15) is 26.8 Å². The third-order valence-electron chi connectivity index (χ3n) is 8.81. The lowest BCUT2D eigenvalue weighted by Gasteiger charge is -2.43. The van der Waals surface area contributed by atoms with Crippen LogP contribution in [-0.2, 0) is 20.2 Å². The molecule has 2 fully saturated rings. The summed E-state index contributed by atoms with van der Waals surface area (Å²) < 4.78 is 56.6. The number of fused-ring (bicyclic) bond motifs is 2. The molecule has 2 atom stereocenters. The molecule has 2 aliphatic heterocycles. The minimum atomic E-state index is -4.42. The van der Waals surface area contributed by atoms with Crippen molar-refractivity contribution in [3.63, 3.8) is 0 Å². The molecule has 7 nitrogen and oxygen atoms in total. The maximum atomic E-state index is 14.6. The molecule has 2 heterocycles. The van der Waals surface area contributed by atoms with Crippen LogP contribution in [0.2, 0.25) is 5.02 Å². The Labute approximate surface area is 242 Å². The van der Waals surface area contributed by atoms with Crippen LogP contribution >= 0.6 is 11.6 Å². The predicted molar refractivity (Wildman–Crippen MR) is 152 cm³/mol. The summed E-state index contributed by atoms with van der Waals surface area (Å²) in [5.41, 5.74) is 0.363. The minimum absolute atomic E-state index is 0.0301. The maximum Gasteiger partial charge on any atom is 0.339 e. The van der Waals surface area contributed by atoms with Crippen LogP contribution in [-0.4, -0.2) is 39.4 Å². The number of halogens is 3. The number of nitrogens with one attached hydrogen (secondary N) is 2. The number of amides is 2. The summed E-state index contributed by atoms with van der Waals surface area (Å²) in [6, 6.07) is 12.5. The Morgan fingerprint density at radius 1 is 1.00 bits per heavy atom. The molecular weight excluding hydrogens is 572 g/mol. The Balaban J connectivity index is 1.56. The Morgan fingerprint density at radius 3 is 2.32 bits per heavy atom. The van der Waals surface area contributed by atoms with Gasteiger partial charge in [-0.05, 0) is 93.4 Å². The third-order valence-corrected chi connectivity index (χ3v) is 11.4. The predicted octanol–water partition coefficient (Wildman–Crippen LogP) is 5.53. The van der Waals surface area contributed by atoms with E-state index in [-0.39, 0.29) is 27.1 Å². The van der Waals surface area contributed by atoms with E-state index in [1.165, 1.54) is 37.3 Å². The van der Waals surface area contributed by atoms with Gasteiger partial charge in [0.1, 0.15) is 22.6 Å². The van der Waals surface area contributed by atoms with Crippen molar-refractivity contribution < 1.29 is 26.8 Å². The normalized spacial score (nSPS) is 23.3. The molecule has 1 saturated heterocycles. The monoisotopic (exact) mass is 600 g/mol. The summed E-state index contributed by atoms with van der Waals surface area (Å²) in [5.74, 6) is -2.40. The fourth-order valence-electron chi connectivity index (χ4n) is 7.00. The zero-order valence-corrected chi connectivity index (χ0v) is 23.9. The van der Waals surface area contributed by atoms with Gasteiger partial charge < -0.3 is 10.6 Å². The molecule has 3 aromatic rings. The fourth-order valence-corrected chi connectivity index (χ4v) is 9.41. The van der Waals surface area contributed by atoms with E-state index >= 15 is 0 Å². The molecule has 3 aliphatic rings. The van der Waals surface area contributed by atoms with Crippen LogP contribution in [0.5, 0.6) is 0 Å². The first kappa shape index (κ1) is 28.0. The van der Waals surface area contributed by atoms with E-state index in [0.29, 0.717) is 37.2 Å². The zero-order chi connectivity index (χ0) is 29.2. The lowest BCUT2D eigenvalue weighted by molar-refractivity contribution is -0.126. The fraction of sp³-hybridized carbons (Fsp3) is 0.333. The highest BCUT2D eigenvalue weighted by Gasteiger charge is 2.73. The van der Waals surface area contributed by atoms with Crippen LogP contribution in [0.25, 0.3) is 0 Å². The van der Waals surface area contributed by atoms with E-state index in [4.69, 9.17) is 11.6 Å². The number of quaternary nitrogens is 1. The van der Waals surface area contributed by atoms with E-state index in [1.807, 2.05) is 0 Å². The summed E-state index contributed by atoms with van der Waals surface area (Å²) in [7, 11) is -4.42.